The van der Waals surface area contributed by atoms with Gasteiger partial charge >= 0.3 is 0 Å². The van der Waals surface area contributed by atoms with Crippen molar-refractivity contribution in [2.24, 2.45) is 23.2 Å². The number of likely N-dealkylation sites (tertiary alicyclic amines) is 1. The number of hydrogen-bond acceptors (Lipinski definition) is 2. The Hall–Kier alpha value is -0.580. The average Bonchev–Trinajstić information content (AvgIpc) is 2.51. The van der Waals surface area contributed by atoms with E-state index in [-0.39, 0.29) is 17.2 Å². The molecule has 5 aliphatic rings. The lowest BCUT2D eigenvalue weighted by atomic mass is 9.48. The van der Waals surface area contributed by atoms with E-state index >= 15 is 0 Å². The molecule has 2 atom stereocenters. The van der Waals surface area contributed by atoms with Gasteiger partial charge in [0.15, 0.2) is 0 Å². The fraction of sp³-hybridized carbons (Fsp3) is 0.900. The second-order valence-corrected chi connectivity index (χ2v) is 11.4. The number of halogens is 1. The summed E-state index contributed by atoms with van der Waals surface area (Å²) in [6.07, 6.45) is 10.1. The molecule has 4 saturated carbocycles. The standard InChI is InChI=1S/C20H31BrN2O2/c1-22(2)18(25)16-3-5-23(6-4-16)17(24)12-19-8-14-7-15(9-19)11-20(21,10-14)13-19/h14-16H,3-13H2,1-2H3. The van der Waals surface area contributed by atoms with Crippen molar-refractivity contribution in [1.29, 1.82) is 0 Å². The molecule has 2 amide bonds. The molecule has 4 bridgehead atoms. The first-order chi connectivity index (χ1) is 11.8. The molecule has 1 heterocycles. The predicted octanol–water partition coefficient (Wildman–Crippen LogP) is 3.44. The molecule has 0 aromatic heterocycles. The predicted molar refractivity (Wildman–Crippen MR) is 101 cm³/mol. The molecule has 0 radical (unpaired) electrons. The Kier molecular flexibility index (Phi) is 4.45. The zero-order chi connectivity index (χ0) is 17.8. The summed E-state index contributed by atoms with van der Waals surface area (Å²) < 4.78 is 0.322. The van der Waals surface area contributed by atoms with Crippen LogP contribution in [-0.2, 0) is 9.59 Å². The highest BCUT2D eigenvalue weighted by atomic mass is 79.9. The second kappa shape index (κ2) is 6.24. The normalized spacial score (nSPS) is 40.4. The molecule has 0 aromatic rings. The van der Waals surface area contributed by atoms with E-state index in [9.17, 15) is 9.59 Å². The van der Waals surface area contributed by atoms with E-state index in [0.29, 0.717) is 10.2 Å². The molecule has 140 valence electrons. The largest absolute Gasteiger partial charge is 0.349 e. The highest BCUT2D eigenvalue weighted by molar-refractivity contribution is 9.10. The van der Waals surface area contributed by atoms with Crippen LogP contribution in [0.3, 0.4) is 0 Å². The van der Waals surface area contributed by atoms with Gasteiger partial charge in [-0.2, -0.15) is 0 Å². The second-order valence-electron chi connectivity index (χ2n) is 9.68. The number of rotatable bonds is 3. The minimum absolute atomic E-state index is 0.101. The Bertz CT molecular complexity index is 554. The van der Waals surface area contributed by atoms with Gasteiger partial charge in [0.05, 0.1) is 0 Å². The van der Waals surface area contributed by atoms with Gasteiger partial charge < -0.3 is 9.80 Å². The van der Waals surface area contributed by atoms with Gasteiger partial charge in [-0.05, 0) is 68.6 Å². The van der Waals surface area contributed by atoms with Crippen LogP contribution < -0.4 is 0 Å². The number of hydrogen-bond donors (Lipinski definition) is 0. The third-order valence-electron chi connectivity index (χ3n) is 7.27. The van der Waals surface area contributed by atoms with E-state index in [1.54, 1.807) is 4.90 Å². The van der Waals surface area contributed by atoms with Crippen LogP contribution in [-0.4, -0.2) is 53.1 Å². The molecule has 0 aromatic carbocycles. The van der Waals surface area contributed by atoms with Crippen LogP contribution in [0.1, 0.15) is 57.8 Å². The Morgan fingerprint density at radius 1 is 1.08 bits per heavy atom. The van der Waals surface area contributed by atoms with Crippen LogP contribution in [0.4, 0.5) is 0 Å². The van der Waals surface area contributed by atoms with Crippen molar-refractivity contribution in [2.45, 2.75) is 62.1 Å². The third kappa shape index (κ3) is 3.38. The van der Waals surface area contributed by atoms with E-state index in [0.717, 1.165) is 44.2 Å². The van der Waals surface area contributed by atoms with Crippen molar-refractivity contribution in [3.05, 3.63) is 0 Å². The summed E-state index contributed by atoms with van der Waals surface area (Å²) in [5, 5.41) is 0. The van der Waals surface area contributed by atoms with Crippen LogP contribution in [0.5, 0.6) is 0 Å². The fourth-order valence-corrected chi connectivity index (χ4v) is 8.23. The lowest BCUT2D eigenvalue weighted by molar-refractivity contribution is -0.143. The minimum atomic E-state index is 0.101. The first-order valence-electron chi connectivity index (χ1n) is 9.95. The van der Waals surface area contributed by atoms with Gasteiger partial charge in [-0.15, -0.1) is 0 Å². The summed E-state index contributed by atoms with van der Waals surface area (Å²) in [7, 11) is 3.64. The number of piperidine rings is 1. The number of carbonyl (C=O) groups excluding carboxylic acids is 2. The van der Waals surface area contributed by atoms with E-state index < -0.39 is 0 Å². The lowest BCUT2D eigenvalue weighted by Crippen LogP contribution is -2.54. The van der Waals surface area contributed by atoms with E-state index in [4.69, 9.17) is 0 Å². The summed E-state index contributed by atoms with van der Waals surface area (Å²) in [5.41, 5.74) is 0.251. The highest BCUT2D eigenvalue weighted by Gasteiger charge is 2.57. The van der Waals surface area contributed by atoms with E-state index in [2.05, 4.69) is 15.9 Å². The van der Waals surface area contributed by atoms with Crippen molar-refractivity contribution in [3.8, 4) is 0 Å². The maximum Gasteiger partial charge on any atom is 0.225 e. The molecule has 5 heteroatoms. The highest BCUT2D eigenvalue weighted by Crippen LogP contribution is 2.65. The van der Waals surface area contributed by atoms with Gasteiger partial charge in [-0.1, -0.05) is 15.9 Å². The molecule has 4 aliphatic carbocycles. The summed E-state index contributed by atoms with van der Waals surface area (Å²) in [6.45, 7) is 1.51. The number of nitrogens with zero attached hydrogens (tertiary/aromatic N) is 2. The molecule has 0 spiro atoms. The van der Waals surface area contributed by atoms with Gasteiger partial charge in [0.1, 0.15) is 0 Å². The molecule has 4 nitrogen and oxygen atoms in total. The summed E-state index contributed by atoms with van der Waals surface area (Å²) in [4.78, 5) is 28.9. The first kappa shape index (κ1) is 17.8. The van der Waals surface area contributed by atoms with Gasteiger partial charge in [0.2, 0.25) is 11.8 Å². The van der Waals surface area contributed by atoms with Gasteiger partial charge in [0.25, 0.3) is 0 Å². The van der Waals surface area contributed by atoms with Crippen molar-refractivity contribution in [3.63, 3.8) is 0 Å². The number of amides is 2. The molecule has 25 heavy (non-hydrogen) atoms. The summed E-state index contributed by atoms with van der Waals surface area (Å²) in [6, 6.07) is 0. The summed E-state index contributed by atoms with van der Waals surface area (Å²) in [5.74, 6) is 2.32. The van der Waals surface area contributed by atoms with E-state index in [1.165, 1.54) is 38.5 Å². The SMILES string of the molecule is CN(C)C(=O)C1CCN(C(=O)CC23CC4CC(CC(Br)(C4)C2)C3)CC1. The molecule has 5 fully saturated rings. The van der Waals surface area contributed by atoms with E-state index in [1.807, 2.05) is 19.0 Å². The molecular weight excluding hydrogens is 380 g/mol. The average molecular weight is 411 g/mol. The Labute approximate surface area is 159 Å². The summed E-state index contributed by atoms with van der Waals surface area (Å²) >= 11 is 4.05. The molecule has 1 saturated heterocycles. The van der Waals surface area contributed by atoms with Crippen molar-refractivity contribution < 1.29 is 9.59 Å². The molecule has 5 rings (SSSR count). The van der Waals surface area contributed by atoms with Crippen LogP contribution in [0.15, 0.2) is 0 Å². The Balaban J connectivity index is 1.36. The van der Waals surface area contributed by atoms with Crippen LogP contribution in [0, 0.1) is 23.2 Å². The maximum atomic E-state index is 13.0. The van der Waals surface area contributed by atoms with Gasteiger partial charge in [0, 0.05) is 43.8 Å². The fourth-order valence-electron chi connectivity index (χ4n) is 6.72. The molecule has 1 aliphatic heterocycles. The molecule has 2 unspecified atom stereocenters. The number of carbonyl (C=O) groups is 2. The molecular formula is C20H31BrN2O2. The smallest absolute Gasteiger partial charge is 0.225 e. The third-order valence-corrected chi connectivity index (χ3v) is 8.20. The maximum absolute atomic E-state index is 13.0. The van der Waals surface area contributed by atoms with Gasteiger partial charge in [-0.3, -0.25) is 9.59 Å². The monoisotopic (exact) mass is 410 g/mol. The van der Waals surface area contributed by atoms with Gasteiger partial charge in [-0.25, -0.2) is 0 Å². The zero-order valence-electron chi connectivity index (χ0n) is 15.6. The number of alkyl halides is 1. The Morgan fingerprint density at radius 2 is 1.68 bits per heavy atom. The quantitative estimate of drug-likeness (QED) is 0.668. The minimum Gasteiger partial charge on any atom is -0.349 e. The lowest BCUT2D eigenvalue weighted by Gasteiger charge is -2.60. The van der Waals surface area contributed by atoms with Crippen molar-refractivity contribution in [2.75, 3.05) is 27.2 Å². The topological polar surface area (TPSA) is 40.6 Å². The van der Waals surface area contributed by atoms with Crippen LogP contribution in [0.2, 0.25) is 0 Å². The Morgan fingerprint density at radius 3 is 2.20 bits per heavy atom. The van der Waals surface area contributed by atoms with Crippen molar-refractivity contribution >= 4 is 27.7 Å². The van der Waals surface area contributed by atoms with Crippen LogP contribution >= 0.6 is 15.9 Å². The van der Waals surface area contributed by atoms with Crippen LogP contribution in [0.25, 0.3) is 0 Å². The molecule has 0 N–H and O–H groups in total. The first-order valence-corrected chi connectivity index (χ1v) is 10.7. The zero-order valence-corrected chi connectivity index (χ0v) is 17.2. The van der Waals surface area contributed by atoms with Crippen molar-refractivity contribution in [1.82, 2.24) is 9.80 Å².